The number of nitrogens with zero attached hydrogens (tertiary/aromatic N) is 5. The average Bonchev–Trinajstić information content (AvgIpc) is 3.37. The molecular formula is C26H31ClF5N5O. The molecule has 1 heterocycles. The third kappa shape index (κ3) is 7.91. The summed E-state index contributed by atoms with van der Waals surface area (Å²) in [4.78, 5) is 5.69. The quantitative estimate of drug-likeness (QED) is 0.248. The lowest BCUT2D eigenvalue weighted by atomic mass is 10.1. The Kier molecular flexibility index (Phi) is 11.1. The highest BCUT2D eigenvalue weighted by atomic mass is 35.5. The van der Waals surface area contributed by atoms with E-state index in [0.717, 1.165) is 12.6 Å². The maximum absolute atomic E-state index is 15.1. The van der Waals surface area contributed by atoms with Crippen LogP contribution in [0.4, 0.5) is 27.6 Å². The van der Waals surface area contributed by atoms with Gasteiger partial charge in [-0.1, -0.05) is 38.1 Å². The molecule has 0 amide bonds. The Morgan fingerprint density at radius 1 is 1.00 bits per heavy atom. The highest BCUT2D eigenvalue weighted by Gasteiger charge is 2.38. The molecule has 0 bridgehead atoms. The number of hydrogen-bond donors (Lipinski definition) is 0. The lowest BCUT2D eigenvalue weighted by Crippen LogP contribution is -2.38. The smallest absolute Gasteiger partial charge is 0.413 e. The first kappa shape index (κ1) is 31.0. The fourth-order valence-electron chi connectivity index (χ4n) is 3.38. The lowest BCUT2D eigenvalue weighted by Gasteiger charge is -2.35. The lowest BCUT2D eigenvalue weighted by molar-refractivity contribution is -0.156. The Morgan fingerprint density at radius 2 is 1.68 bits per heavy atom. The first-order valence-electron chi connectivity index (χ1n) is 11.9. The molecule has 3 aromatic rings. The molecule has 0 aliphatic heterocycles. The number of hydrogen-bond acceptors (Lipinski definition) is 6. The van der Waals surface area contributed by atoms with Crippen LogP contribution in [0.25, 0.3) is 11.5 Å². The van der Waals surface area contributed by atoms with E-state index in [9.17, 15) is 17.6 Å². The van der Waals surface area contributed by atoms with E-state index in [4.69, 9.17) is 11.6 Å². The Bertz CT molecular complexity index is 1210. The predicted molar refractivity (Wildman–Crippen MR) is 139 cm³/mol. The normalized spacial score (nSPS) is 11.3. The molecule has 0 spiro atoms. The zero-order valence-corrected chi connectivity index (χ0v) is 22.7. The van der Waals surface area contributed by atoms with Crippen LogP contribution in [0.5, 0.6) is 0 Å². The molecule has 0 radical (unpaired) electrons. The second-order valence-corrected chi connectivity index (χ2v) is 8.61. The van der Waals surface area contributed by atoms with Crippen molar-refractivity contribution in [2.75, 3.05) is 38.6 Å². The van der Waals surface area contributed by atoms with Crippen molar-refractivity contribution in [1.82, 2.24) is 20.0 Å². The number of rotatable bonds is 10. The van der Waals surface area contributed by atoms with Crippen LogP contribution in [-0.4, -0.2) is 53.7 Å². The van der Waals surface area contributed by atoms with Crippen LogP contribution in [0, 0.1) is 11.6 Å². The first-order valence-corrected chi connectivity index (χ1v) is 12.3. The van der Waals surface area contributed by atoms with E-state index in [0.29, 0.717) is 24.6 Å². The number of aromatic nitrogens is 2. The first-order chi connectivity index (χ1) is 17.9. The maximum Gasteiger partial charge on any atom is 0.470 e. The van der Waals surface area contributed by atoms with Crippen molar-refractivity contribution in [2.45, 2.75) is 33.5 Å². The standard InChI is InChI=1S/C24H25ClF5N5O.C2H6/c1-5-34(11-10-33(3)4)15(2)35(18-8-9-20(26)19(25)13-18)14-17-7-6-16(12-21(17)27)22-31-32-23(36-22)24(28,29)30;1-2/h6-9,12-13H,2,5,10-11,14H2,1,3-4H3;1-2H3. The SMILES string of the molecule is C=C(N(CC)CCN(C)C)N(Cc1ccc(-c2nnc(C(F)(F)F)o2)cc1F)c1ccc(F)c(Cl)c1.CC. The monoisotopic (exact) mass is 559 g/mol. The van der Waals surface area contributed by atoms with Crippen LogP contribution in [-0.2, 0) is 12.7 Å². The van der Waals surface area contributed by atoms with Crippen LogP contribution in [0.2, 0.25) is 5.02 Å². The maximum atomic E-state index is 15.1. The molecule has 6 nitrogen and oxygen atoms in total. The molecule has 1 aromatic heterocycles. The summed E-state index contributed by atoms with van der Waals surface area (Å²) >= 11 is 6.01. The van der Waals surface area contributed by atoms with E-state index < -0.39 is 29.6 Å². The fraction of sp³-hybridized carbons (Fsp3) is 0.385. The molecule has 0 fully saturated rings. The molecule has 0 unspecified atom stereocenters. The van der Waals surface area contributed by atoms with Gasteiger partial charge in [0.2, 0.25) is 5.89 Å². The van der Waals surface area contributed by atoms with E-state index in [-0.39, 0.29) is 22.7 Å². The summed E-state index contributed by atoms with van der Waals surface area (Å²) < 4.78 is 71.9. The Hall–Kier alpha value is -3.18. The highest BCUT2D eigenvalue weighted by molar-refractivity contribution is 6.31. The van der Waals surface area contributed by atoms with Gasteiger partial charge in [-0.3, -0.25) is 0 Å². The van der Waals surface area contributed by atoms with Gasteiger partial charge >= 0.3 is 12.1 Å². The minimum Gasteiger partial charge on any atom is -0.413 e. The van der Waals surface area contributed by atoms with Crippen LogP contribution < -0.4 is 4.90 Å². The molecule has 0 atom stereocenters. The largest absolute Gasteiger partial charge is 0.470 e. The average molecular weight is 560 g/mol. The van der Waals surface area contributed by atoms with Crippen molar-refractivity contribution in [2.24, 2.45) is 0 Å². The summed E-state index contributed by atoms with van der Waals surface area (Å²) in [5.74, 6) is -2.74. The minimum absolute atomic E-state index is 0.00405. The number of likely N-dealkylation sites (N-methyl/N-ethyl adjacent to an activating group) is 2. The molecule has 208 valence electrons. The van der Waals surface area contributed by atoms with Gasteiger partial charge in [0, 0.05) is 36.4 Å². The van der Waals surface area contributed by atoms with Gasteiger partial charge in [-0.05, 0) is 51.4 Å². The summed E-state index contributed by atoms with van der Waals surface area (Å²) in [6, 6.07) is 7.95. The Balaban J connectivity index is 0.00000247. The van der Waals surface area contributed by atoms with Crippen molar-refractivity contribution in [1.29, 1.82) is 0 Å². The number of alkyl halides is 3. The van der Waals surface area contributed by atoms with Crippen molar-refractivity contribution in [3.8, 4) is 11.5 Å². The van der Waals surface area contributed by atoms with Gasteiger partial charge in [0.15, 0.2) is 0 Å². The summed E-state index contributed by atoms with van der Waals surface area (Å²) in [7, 11) is 3.87. The predicted octanol–water partition coefficient (Wildman–Crippen LogP) is 7.07. The number of anilines is 1. The Labute approximate surface area is 224 Å². The van der Waals surface area contributed by atoms with Gasteiger partial charge in [-0.2, -0.15) is 13.2 Å². The molecule has 12 heteroatoms. The molecule has 0 aliphatic carbocycles. The van der Waals surface area contributed by atoms with Gasteiger partial charge in [-0.25, -0.2) is 8.78 Å². The number of benzene rings is 2. The number of halogens is 6. The van der Waals surface area contributed by atoms with Crippen molar-refractivity contribution >= 4 is 17.3 Å². The minimum atomic E-state index is -4.81. The van der Waals surface area contributed by atoms with E-state index in [1.165, 1.54) is 30.3 Å². The third-order valence-corrected chi connectivity index (χ3v) is 5.68. The molecule has 38 heavy (non-hydrogen) atoms. The third-order valence-electron chi connectivity index (χ3n) is 5.39. The molecule has 0 saturated carbocycles. The topological polar surface area (TPSA) is 48.6 Å². The second kappa shape index (κ2) is 13.6. The van der Waals surface area contributed by atoms with Crippen molar-refractivity contribution in [3.05, 3.63) is 76.9 Å². The highest BCUT2D eigenvalue weighted by Crippen LogP contribution is 2.32. The van der Waals surface area contributed by atoms with Crippen LogP contribution in [0.3, 0.4) is 0 Å². The van der Waals surface area contributed by atoms with Crippen molar-refractivity contribution in [3.63, 3.8) is 0 Å². The van der Waals surface area contributed by atoms with Gasteiger partial charge in [0.25, 0.3) is 0 Å². The molecule has 3 rings (SSSR count). The fourth-order valence-corrected chi connectivity index (χ4v) is 3.55. The van der Waals surface area contributed by atoms with Gasteiger partial charge < -0.3 is 19.1 Å². The Morgan fingerprint density at radius 3 is 2.21 bits per heavy atom. The van der Waals surface area contributed by atoms with E-state index in [1.807, 2.05) is 44.7 Å². The van der Waals surface area contributed by atoms with Gasteiger partial charge in [-0.15, -0.1) is 10.2 Å². The van der Waals surface area contributed by atoms with Crippen LogP contribution in [0.1, 0.15) is 32.2 Å². The van der Waals surface area contributed by atoms with Crippen LogP contribution in [0.15, 0.2) is 53.2 Å². The van der Waals surface area contributed by atoms with E-state index in [1.54, 1.807) is 4.90 Å². The van der Waals surface area contributed by atoms with Gasteiger partial charge in [0.1, 0.15) is 17.5 Å². The summed E-state index contributed by atoms with van der Waals surface area (Å²) in [5.41, 5.74) is 0.695. The van der Waals surface area contributed by atoms with E-state index >= 15 is 4.39 Å². The van der Waals surface area contributed by atoms with E-state index in [2.05, 4.69) is 21.2 Å². The molecule has 0 N–H and O–H groups in total. The van der Waals surface area contributed by atoms with Crippen molar-refractivity contribution < 1.29 is 26.4 Å². The van der Waals surface area contributed by atoms with Gasteiger partial charge in [0.05, 0.1) is 11.6 Å². The second-order valence-electron chi connectivity index (χ2n) is 8.20. The molecule has 0 saturated heterocycles. The molecule has 2 aromatic carbocycles. The summed E-state index contributed by atoms with van der Waals surface area (Å²) in [5, 5.41) is 6.22. The molecular weight excluding hydrogens is 529 g/mol. The zero-order chi connectivity index (χ0) is 28.6. The van der Waals surface area contributed by atoms with Crippen LogP contribution >= 0.6 is 11.6 Å². The molecule has 0 aliphatic rings. The zero-order valence-electron chi connectivity index (χ0n) is 21.9. The summed E-state index contributed by atoms with van der Waals surface area (Å²) in [6.45, 7) is 12.1. The summed E-state index contributed by atoms with van der Waals surface area (Å²) in [6.07, 6.45) is -4.81.